The van der Waals surface area contributed by atoms with E-state index in [2.05, 4.69) is 16.0 Å². The van der Waals surface area contributed by atoms with Crippen molar-refractivity contribution in [1.82, 2.24) is 25.8 Å². The van der Waals surface area contributed by atoms with Gasteiger partial charge in [0.2, 0.25) is 35.4 Å². The van der Waals surface area contributed by atoms with Crippen molar-refractivity contribution in [3.63, 3.8) is 0 Å². The molecule has 5 atom stereocenters. The van der Waals surface area contributed by atoms with Gasteiger partial charge in [0.15, 0.2) is 0 Å². The van der Waals surface area contributed by atoms with Crippen LogP contribution >= 0.6 is 0 Å². The summed E-state index contributed by atoms with van der Waals surface area (Å²) in [7, 11) is 0. The molecule has 2 saturated heterocycles. The van der Waals surface area contributed by atoms with E-state index < -0.39 is 72.2 Å². The number of amides is 6. The zero-order chi connectivity index (χ0) is 35.7. The van der Waals surface area contributed by atoms with E-state index in [-0.39, 0.29) is 24.5 Å². The molecular formula is C35H47N7O7. The van der Waals surface area contributed by atoms with Gasteiger partial charge < -0.3 is 42.3 Å². The smallest absolute Gasteiger partial charge is 0.246 e. The van der Waals surface area contributed by atoms with Crippen molar-refractivity contribution in [3.05, 3.63) is 65.7 Å². The summed E-state index contributed by atoms with van der Waals surface area (Å²) in [6, 6.07) is 11.0. The second kappa shape index (κ2) is 16.9. The molecule has 0 aliphatic carbocycles. The molecule has 14 nitrogen and oxygen atoms in total. The molecule has 2 aromatic carbocycles. The molecule has 49 heavy (non-hydrogen) atoms. The number of primary amides is 1. The summed E-state index contributed by atoms with van der Waals surface area (Å²) in [6.07, 6.45) is 2.37. The fourth-order valence-corrected chi connectivity index (χ4v) is 6.34. The van der Waals surface area contributed by atoms with Gasteiger partial charge in [-0.05, 0) is 61.3 Å². The predicted molar refractivity (Wildman–Crippen MR) is 180 cm³/mol. The number of nitrogens with zero attached hydrogens (tertiary/aromatic N) is 2. The van der Waals surface area contributed by atoms with E-state index in [4.69, 9.17) is 11.5 Å². The Bertz CT molecular complexity index is 1500. The molecule has 0 unspecified atom stereocenters. The number of phenols is 1. The SMILES string of the molecule is CC(C)[C@H](NC(=O)[C@@H](N)Cc1ccc(O)cc1)C(=O)N1CCC[C@@H]1C(=O)NCC(=O)N[C@@H](Cc1ccccc1)C(=O)N1CCC[C@@H]1C(N)=O. The van der Waals surface area contributed by atoms with Gasteiger partial charge in [-0.25, -0.2) is 0 Å². The largest absolute Gasteiger partial charge is 0.508 e. The third-order valence-corrected chi connectivity index (χ3v) is 9.00. The van der Waals surface area contributed by atoms with Gasteiger partial charge in [-0.2, -0.15) is 0 Å². The van der Waals surface area contributed by atoms with Gasteiger partial charge in [0.05, 0.1) is 12.6 Å². The van der Waals surface area contributed by atoms with Crippen LogP contribution in [0, 0.1) is 5.92 Å². The Hall–Kier alpha value is -4.98. The standard InChI is InChI=1S/C35H47N7O7/c1-21(2)30(40-32(46)25(36)18-23-12-14-24(43)15-13-23)35(49)42-17-7-11-28(42)33(47)38-20-29(44)39-26(19-22-8-4-3-5-9-22)34(48)41-16-6-10-27(41)31(37)45/h3-5,8-9,12-15,21,25-28,30,43H,6-7,10-11,16-20,36H2,1-2H3,(H2,37,45)(H,38,47)(H,39,44)(H,40,46)/t25-,26-,27+,28+,30-/m0/s1. The van der Waals surface area contributed by atoms with Crippen LogP contribution in [0.3, 0.4) is 0 Å². The maximum absolute atomic E-state index is 13.7. The number of carbonyl (C=O) groups is 6. The Labute approximate surface area is 285 Å². The molecule has 2 aromatic rings. The third kappa shape index (κ3) is 9.78. The Kier molecular flexibility index (Phi) is 12.7. The fourth-order valence-electron chi connectivity index (χ4n) is 6.34. The third-order valence-electron chi connectivity index (χ3n) is 9.00. The van der Waals surface area contributed by atoms with Crippen LogP contribution in [-0.2, 0) is 41.6 Å². The van der Waals surface area contributed by atoms with Crippen molar-refractivity contribution >= 4 is 35.4 Å². The van der Waals surface area contributed by atoms with E-state index in [0.717, 1.165) is 11.1 Å². The first-order valence-corrected chi connectivity index (χ1v) is 16.7. The van der Waals surface area contributed by atoms with Crippen LogP contribution in [0.2, 0.25) is 0 Å². The van der Waals surface area contributed by atoms with Gasteiger partial charge in [0, 0.05) is 19.5 Å². The molecule has 2 aliphatic rings. The summed E-state index contributed by atoms with van der Waals surface area (Å²) in [6.45, 7) is 3.77. The van der Waals surface area contributed by atoms with E-state index in [1.165, 1.54) is 21.9 Å². The first-order valence-electron chi connectivity index (χ1n) is 16.7. The summed E-state index contributed by atoms with van der Waals surface area (Å²) < 4.78 is 0. The molecule has 0 bridgehead atoms. The van der Waals surface area contributed by atoms with Crippen LogP contribution in [-0.4, -0.2) is 100 Å². The molecule has 0 radical (unpaired) electrons. The lowest BCUT2D eigenvalue weighted by molar-refractivity contribution is -0.143. The monoisotopic (exact) mass is 677 g/mol. The second-order valence-corrected chi connectivity index (χ2v) is 13.0. The Morgan fingerprint density at radius 1 is 0.816 bits per heavy atom. The van der Waals surface area contributed by atoms with Crippen LogP contribution in [0.4, 0.5) is 0 Å². The second-order valence-electron chi connectivity index (χ2n) is 13.0. The molecule has 8 N–H and O–H groups in total. The number of hydrogen-bond donors (Lipinski definition) is 6. The van der Waals surface area contributed by atoms with Gasteiger partial charge in [0.1, 0.15) is 29.9 Å². The maximum Gasteiger partial charge on any atom is 0.246 e. The summed E-state index contributed by atoms with van der Waals surface area (Å²) in [5.41, 5.74) is 13.2. The molecule has 6 amide bonds. The molecule has 2 heterocycles. The van der Waals surface area contributed by atoms with Gasteiger partial charge in [0.25, 0.3) is 0 Å². The van der Waals surface area contributed by atoms with Crippen molar-refractivity contribution in [3.8, 4) is 5.75 Å². The lowest BCUT2D eigenvalue weighted by Gasteiger charge is -2.31. The average Bonchev–Trinajstić information content (AvgIpc) is 3.77. The number of nitrogens with two attached hydrogens (primary N) is 2. The number of benzene rings is 2. The fraction of sp³-hybridized carbons (Fsp3) is 0.486. The minimum Gasteiger partial charge on any atom is -0.508 e. The molecule has 4 rings (SSSR count). The summed E-state index contributed by atoms with van der Waals surface area (Å²) in [4.78, 5) is 81.4. The van der Waals surface area contributed by atoms with E-state index in [1.807, 2.05) is 30.3 Å². The summed E-state index contributed by atoms with van der Waals surface area (Å²) in [5.74, 6) is -3.33. The van der Waals surface area contributed by atoms with Gasteiger partial charge in [-0.15, -0.1) is 0 Å². The first-order chi connectivity index (χ1) is 23.3. The molecule has 0 saturated carbocycles. The topological polar surface area (TPSA) is 217 Å². The van der Waals surface area contributed by atoms with E-state index >= 15 is 0 Å². The number of phenolic OH excluding ortho intramolecular Hbond substituents is 1. The zero-order valence-electron chi connectivity index (χ0n) is 28.0. The maximum atomic E-state index is 13.7. The highest BCUT2D eigenvalue weighted by molar-refractivity contribution is 5.96. The van der Waals surface area contributed by atoms with Crippen molar-refractivity contribution in [2.24, 2.45) is 17.4 Å². The van der Waals surface area contributed by atoms with Crippen LogP contribution < -0.4 is 27.4 Å². The van der Waals surface area contributed by atoms with Crippen LogP contribution in [0.5, 0.6) is 5.75 Å². The number of rotatable bonds is 14. The Morgan fingerprint density at radius 3 is 2.02 bits per heavy atom. The number of likely N-dealkylation sites (tertiary alicyclic amines) is 2. The van der Waals surface area contributed by atoms with Crippen molar-refractivity contribution in [1.29, 1.82) is 0 Å². The normalized spacial score (nSPS) is 19.2. The van der Waals surface area contributed by atoms with E-state index in [0.29, 0.717) is 38.8 Å². The number of carbonyl (C=O) groups excluding carboxylic acids is 6. The van der Waals surface area contributed by atoms with Gasteiger partial charge >= 0.3 is 0 Å². The molecule has 2 aliphatic heterocycles. The molecule has 14 heteroatoms. The first kappa shape index (κ1) is 36.8. The quantitative estimate of drug-likeness (QED) is 0.156. The highest BCUT2D eigenvalue weighted by Crippen LogP contribution is 2.22. The Balaban J connectivity index is 1.36. The van der Waals surface area contributed by atoms with Crippen LogP contribution in [0.25, 0.3) is 0 Å². The van der Waals surface area contributed by atoms with E-state index in [1.54, 1.807) is 26.0 Å². The van der Waals surface area contributed by atoms with Crippen molar-refractivity contribution in [2.45, 2.75) is 82.6 Å². The molecule has 264 valence electrons. The average molecular weight is 678 g/mol. The van der Waals surface area contributed by atoms with Crippen LogP contribution in [0.15, 0.2) is 54.6 Å². The zero-order valence-corrected chi connectivity index (χ0v) is 28.0. The minimum atomic E-state index is -0.993. The lowest BCUT2D eigenvalue weighted by atomic mass is 10.0. The molecule has 0 spiro atoms. The lowest BCUT2D eigenvalue weighted by Crippen LogP contribution is -2.58. The summed E-state index contributed by atoms with van der Waals surface area (Å²) in [5, 5.41) is 17.6. The predicted octanol–water partition coefficient (Wildman–Crippen LogP) is -0.286. The number of nitrogens with one attached hydrogen (secondary N) is 3. The Morgan fingerprint density at radius 2 is 1.41 bits per heavy atom. The van der Waals surface area contributed by atoms with Gasteiger partial charge in [-0.1, -0.05) is 56.3 Å². The number of aromatic hydroxyl groups is 1. The molecule has 0 aromatic heterocycles. The van der Waals surface area contributed by atoms with E-state index in [9.17, 15) is 33.9 Å². The summed E-state index contributed by atoms with van der Waals surface area (Å²) >= 11 is 0. The van der Waals surface area contributed by atoms with Crippen molar-refractivity contribution in [2.75, 3.05) is 19.6 Å². The van der Waals surface area contributed by atoms with Crippen molar-refractivity contribution < 1.29 is 33.9 Å². The molecular weight excluding hydrogens is 630 g/mol. The molecule has 2 fully saturated rings. The van der Waals surface area contributed by atoms with Gasteiger partial charge in [-0.3, -0.25) is 28.8 Å². The number of hydrogen-bond acceptors (Lipinski definition) is 8. The highest BCUT2D eigenvalue weighted by Gasteiger charge is 2.40. The minimum absolute atomic E-state index is 0.0942. The van der Waals surface area contributed by atoms with Crippen LogP contribution in [0.1, 0.15) is 50.7 Å². The highest BCUT2D eigenvalue weighted by atomic mass is 16.3.